The van der Waals surface area contributed by atoms with Crippen molar-refractivity contribution in [1.82, 2.24) is 15.1 Å². The Balaban J connectivity index is 1.62. The summed E-state index contributed by atoms with van der Waals surface area (Å²) >= 11 is 0. The van der Waals surface area contributed by atoms with Crippen LogP contribution in [0, 0.1) is 0 Å². The Morgan fingerprint density at radius 3 is 3.09 bits per heavy atom. The molecule has 1 aliphatic heterocycles. The van der Waals surface area contributed by atoms with Crippen LogP contribution in [0.15, 0.2) is 47.7 Å². The van der Waals surface area contributed by atoms with Gasteiger partial charge in [0.15, 0.2) is 5.96 Å². The van der Waals surface area contributed by atoms with Gasteiger partial charge < -0.3 is 15.8 Å². The molecule has 6 nitrogen and oxygen atoms in total. The summed E-state index contributed by atoms with van der Waals surface area (Å²) in [5.74, 6) is 0.450. The first-order chi connectivity index (χ1) is 10.8. The van der Waals surface area contributed by atoms with Crippen LogP contribution < -0.4 is 11.1 Å². The van der Waals surface area contributed by atoms with Crippen molar-refractivity contribution in [3.05, 3.63) is 48.3 Å². The molecule has 1 aromatic carbocycles. The Kier molecular flexibility index (Phi) is 4.70. The quantitative estimate of drug-likeness (QED) is 0.647. The first-order valence-electron chi connectivity index (χ1n) is 7.56. The summed E-state index contributed by atoms with van der Waals surface area (Å²) in [7, 11) is 0. The monoisotopic (exact) mass is 299 g/mol. The SMILES string of the molecule is NC(=NCc1ccccc1-n1cccn1)NCC1CCCO1. The van der Waals surface area contributed by atoms with Crippen LogP contribution in [-0.4, -0.2) is 35.0 Å². The number of hydrogen-bond donors (Lipinski definition) is 2. The maximum absolute atomic E-state index is 5.93. The predicted molar refractivity (Wildman–Crippen MR) is 85.9 cm³/mol. The van der Waals surface area contributed by atoms with E-state index in [9.17, 15) is 0 Å². The molecule has 1 unspecified atom stereocenters. The molecule has 1 aromatic heterocycles. The average Bonchev–Trinajstić information content (AvgIpc) is 3.24. The van der Waals surface area contributed by atoms with E-state index in [4.69, 9.17) is 10.5 Å². The van der Waals surface area contributed by atoms with Gasteiger partial charge in [-0.1, -0.05) is 18.2 Å². The molecule has 3 rings (SSSR count). The van der Waals surface area contributed by atoms with Gasteiger partial charge in [-0.3, -0.25) is 0 Å². The second kappa shape index (κ2) is 7.09. The molecule has 116 valence electrons. The van der Waals surface area contributed by atoms with Gasteiger partial charge >= 0.3 is 0 Å². The van der Waals surface area contributed by atoms with E-state index in [-0.39, 0.29) is 6.10 Å². The molecule has 22 heavy (non-hydrogen) atoms. The molecular formula is C16H21N5O. The standard InChI is InChI=1S/C16H21N5O/c17-16(19-12-14-6-3-10-22-14)18-11-13-5-1-2-7-15(13)21-9-4-8-20-21/h1-2,4-5,7-9,14H,3,6,10-12H2,(H3,17,18,19). The third kappa shape index (κ3) is 3.65. The number of benzene rings is 1. The summed E-state index contributed by atoms with van der Waals surface area (Å²) in [6.45, 7) is 2.08. The van der Waals surface area contributed by atoms with Gasteiger partial charge in [0.25, 0.3) is 0 Å². The topological polar surface area (TPSA) is 77.5 Å². The maximum atomic E-state index is 5.93. The Labute approximate surface area is 130 Å². The number of ether oxygens (including phenoxy) is 1. The second-order valence-corrected chi connectivity index (χ2v) is 5.30. The molecule has 2 aromatic rings. The molecular weight excluding hydrogens is 278 g/mol. The van der Waals surface area contributed by atoms with Crippen LogP contribution in [0.25, 0.3) is 5.69 Å². The normalized spacial score (nSPS) is 18.5. The lowest BCUT2D eigenvalue weighted by Crippen LogP contribution is -2.37. The Bertz CT molecular complexity index is 617. The highest BCUT2D eigenvalue weighted by Gasteiger charge is 2.14. The predicted octanol–water partition coefficient (Wildman–Crippen LogP) is 1.46. The molecule has 3 N–H and O–H groups in total. The third-order valence-electron chi connectivity index (χ3n) is 3.70. The minimum Gasteiger partial charge on any atom is -0.376 e. The molecule has 0 spiro atoms. The minimum atomic E-state index is 0.255. The number of nitrogens with two attached hydrogens (primary N) is 1. The van der Waals surface area contributed by atoms with E-state index >= 15 is 0 Å². The lowest BCUT2D eigenvalue weighted by Gasteiger charge is -2.12. The van der Waals surface area contributed by atoms with E-state index in [0.717, 1.165) is 37.2 Å². The van der Waals surface area contributed by atoms with Gasteiger partial charge in [0, 0.05) is 25.5 Å². The van der Waals surface area contributed by atoms with Crippen LogP contribution in [0.1, 0.15) is 18.4 Å². The van der Waals surface area contributed by atoms with Gasteiger partial charge in [-0.2, -0.15) is 5.10 Å². The summed E-state index contributed by atoms with van der Waals surface area (Å²) in [4.78, 5) is 4.41. The van der Waals surface area contributed by atoms with E-state index in [2.05, 4.69) is 15.4 Å². The Hall–Kier alpha value is -2.34. The Morgan fingerprint density at radius 2 is 2.32 bits per heavy atom. The van der Waals surface area contributed by atoms with Crippen molar-refractivity contribution in [2.24, 2.45) is 10.7 Å². The van der Waals surface area contributed by atoms with Gasteiger partial charge in [0.2, 0.25) is 0 Å². The fraction of sp³-hybridized carbons (Fsp3) is 0.375. The van der Waals surface area contributed by atoms with E-state index in [1.165, 1.54) is 0 Å². The minimum absolute atomic E-state index is 0.255. The lowest BCUT2D eigenvalue weighted by molar-refractivity contribution is 0.114. The number of nitrogens with one attached hydrogen (secondary N) is 1. The third-order valence-corrected chi connectivity index (χ3v) is 3.70. The second-order valence-electron chi connectivity index (χ2n) is 5.30. The van der Waals surface area contributed by atoms with E-state index in [0.29, 0.717) is 12.5 Å². The van der Waals surface area contributed by atoms with Crippen molar-refractivity contribution in [2.75, 3.05) is 13.2 Å². The van der Waals surface area contributed by atoms with Crippen molar-refractivity contribution < 1.29 is 4.74 Å². The van der Waals surface area contributed by atoms with E-state index in [1.807, 2.05) is 41.2 Å². The number of hydrogen-bond acceptors (Lipinski definition) is 3. The lowest BCUT2D eigenvalue weighted by atomic mass is 10.2. The fourth-order valence-corrected chi connectivity index (χ4v) is 2.53. The van der Waals surface area contributed by atoms with Crippen LogP contribution in [0.3, 0.4) is 0 Å². The van der Waals surface area contributed by atoms with E-state index in [1.54, 1.807) is 6.20 Å². The molecule has 6 heteroatoms. The summed E-state index contributed by atoms with van der Waals surface area (Å²) in [5.41, 5.74) is 8.02. The number of guanidine groups is 1. The van der Waals surface area contributed by atoms with Crippen molar-refractivity contribution in [2.45, 2.75) is 25.5 Å². The molecule has 1 aliphatic rings. The molecule has 0 amide bonds. The fourth-order valence-electron chi connectivity index (χ4n) is 2.53. The molecule has 0 saturated carbocycles. The van der Waals surface area contributed by atoms with Crippen LogP contribution in [0.5, 0.6) is 0 Å². The van der Waals surface area contributed by atoms with Crippen molar-refractivity contribution in [3.63, 3.8) is 0 Å². The number of rotatable bonds is 5. The average molecular weight is 299 g/mol. The smallest absolute Gasteiger partial charge is 0.189 e. The van der Waals surface area contributed by atoms with Crippen LogP contribution in [0.4, 0.5) is 0 Å². The first kappa shape index (κ1) is 14.6. The molecule has 2 heterocycles. The number of para-hydroxylation sites is 1. The molecule has 0 aliphatic carbocycles. The van der Waals surface area contributed by atoms with E-state index < -0.39 is 0 Å². The van der Waals surface area contributed by atoms with Crippen molar-refractivity contribution >= 4 is 5.96 Å². The number of nitrogens with zero attached hydrogens (tertiary/aromatic N) is 3. The van der Waals surface area contributed by atoms with Gasteiger partial charge in [0.1, 0.15) is 0 Å². The van der Waals surface area contributed by atoms with Gasteiger partial charge in [-0.15, -0.1) is 0 Å². The maximum Gasteiger partial charge on any atom is 0.189 e. The van der Waals surface area contributed by atoms with Crippen molar-refractivity contribution in [1.29, 1.82) is 0 Å². The summed E-state index contributed by atoms with van der Waals surface area (Å²) in [5, 5.41) is 7.40. The zero-order chi connectivity index (χ0) is 15.2. The van der Waals surface area contributed by atoms with Crippen LogP contribution in [0.2, 0.25) is 0 Å². The highest BCUT2D eigenvalue weighted by Crippen LogP contribution is 2.14. The molecule has 1 fully saturated rings. The van der Waals surface area contributed by atoms with Gasteiger partial charge in [-0.05, 0) is 30.5 Å². The highest BCUT2D eigenvalue weighted by atomic mass is 16.5. The molecule has 1 atom stereocenters. The number of aliphatic imine (C=N–C) groups is 1. The largest absolute Gasteiger partial charge is 0.376 e. The highest BCUT2D eigenvalue weighted by molar-refractivity contribution is 5.77. The van der Waals surface area contributed by atoms with Crippen LogP contribution in [-0.2, 0) is 11.3 Å². The van der Waals surface area contributed by atoms with Crippen LogP contribution >= 0.6 is 0 Å². The number of aromatic nitrogens is 2. The summed E-state index contributed by atoms with van der Waals surface area (Å²) in [6.07, 6.45) is 6.15. The molecule has 1 saturated heterocycles. The zero-order valence-corrected chi connectivity index (χ0v) is 12.5. The Morgan fingerprint density at radius 1 is 1.41 bits per heavy atom. The zero-order valence-electron chi connectivity index (χ0n) is 12.5. The van der Waals surface area contributed by atoms with Gasteiger partial charge in [0.05, 0.1) is 18.3 Å². The molecule has 0 bridgehead atoms. The molecule has 0 radical (unpaired) electrons. The summed E-state index contributed by atoms with van der Waals surface area (Å²) < 4.78 is 7.38. The summed E-state index contributed by atoms with van der Waals surface area (Å²) in [6, 6.07) is 9.94. The van der Waals surface area contributed by atoms with Crippen molar-refractivity contribution in [3.8, 4) is 5.69 Å². The van der Waals surface area contributed by atoms with Gasteiger partial charge in [-0.25, -0.2) is 9.67 Å². The first-order valence-corrected chi connectivity index (χ1v) is 7.56.